The fraction of sp³-hybridized carbons (Fsp3) is 0.250. The molecule has 0 spiro atoms. The molecule has 8 nitrogen and oxygen atoms in total. The van der Waals surface area contributed by atoms with Gasteiger partial charge in [-0.15, -0.1) is 0 Å². The Hall–Kier alpha value is -2.69. The first kappa shape index (κ1) is 22.0. The first-order valence-corrected chi connectivity index (χ1v) is 12.0. The number of hydrogen-bond acceptors (Lipinski definition) is 6. The lowest BCUT2D eigenvalue weighted by atomic mass is 10.1. The van der Waals surface area contributed by atoms with Gasteiger partial charge in [-0.1, -0.05) is 24.3 Å². The van der Waals surface area contributed by atoms with E-state index in [9.17, 15) is 22.8 Å². The minimum absolute atomic E-state index is 0.0264. The van der Waals surface area contributed by atoms with Crippen molar-refractivity contribution in [1.82, 2.24) is 10.2 Å². The molecule has 0 saturated carbocycles. The highest BCUT2D eigenvalue weighted by Gasteiger charge is 2.42. The maximum Gasteiger partial charge on any atom is 0.262 e. The molecule has 0 radical (unpaired) electrons. The minimum Gasteiger partial charge on any atom is -0.350 e. The Labute approximate surface area is 178 Å². The number of carbonyl (C=O) groups is 3. The third-order valence-corrected chi connectivity index (χ3v) is 6.33. The second-order valence-corrected chi connectivity index (χ2v) is 9.28. The van der Waals surface area contributed by atoms with Crippen molar-refractivity contribution in [3.8, 4) is 0 Å². The van der Waals surface area contributed by atoms with E-state index in [0.29, 0.717) is 28.9 Å². The Bertz CT molecular complexity index is 1050. The Morgan fingerprint density at radius 3 is 2.13 bits per heavy atom. The molecule has 1 aliphatic rings. The average molecular weight is 448 g/mol. The first-order chi connectivity index (χ1) is 14.2. The van der Waals surface area contributed by atoms with Gasteiger partial charge in [0.2, 0.25) is 15.9 Å². The minimum atomic E-state index is -3.80. The normalized spacial score (nSPS) is 14.5. The molecule has 3 amide bonds. The van der Waals surface area contributed by atoms with Crippen LogP contribution in [0.15, 0.2) is 53.4 Å². The highest BCUT2D eigenvalue weighted by Crippen LogP contribution is 2.26. The van der Waals surface area contributed by atoms with Gasteiger partial charge in [-0.05, 0) is 48.3 Å². The van der Waals surface area contributed by atoms with Crippen molar-refractivity contribution in [3.05, 3.63) is 65.2 Å². The number of primary sulfonamides is 1. The van der Waals surface area contributed by atoms with Crippen LogP contribution in [0.2, 0.25) is 0 Å². The summed E-state index contributed by atoms with van der Waals surface area (Å²) in [7, 11) is -3.80. The van der Waals surface area contributed by atoms with E-state index in [1.165, 1.54) is 23.9 Å². The molecule has 30 heavy (non-hydrogen) atoms. The summed E-state index contributed by atoms with van der Waals surface area (Å²) < 4.78 is 22.7. The van der Waals surface area contributed by atoms with Crippen LogP contribution < -0.4 is 10.5 Å². The Kier molecular flexibility index (Phi) is 6.59. The summed E-state index contributed by atoms with van der Waals surface area (Å²) in [5.41, 5.74) is 1.24. The molecule has 2 aromatic rings. The number of nitrogens with zero attached hydrogens (tertiary/aromatic N) is 1. The van der Waals surface area contributed by atoms with E-state index in [4.69, 9.17) is 5.14 Å². The molecule has 0 aliphatic carbocycles. The van der Waals surface area contributed by atoms with E-state index in [1.807, 2.05) is 6.26 Å². The number of rotatable bonds is 8. The topological polar surface area (TPSA) is 127 Å². The van der Waals surface area contributed by atoms with Crippen LogP contribution in [-0.2, 0) is 21.4 Å². The first-order valence-electron chi connectivity index (χ1n) is 9.09. The van der Waals surface area contributed by atoms with Crippen molar-refractivity contribution in [1.29, 1.82) is 0 Å². The highest BCUT2D eigenvalue weighted by atomic mass is 32.2. The number of nitrogens with two attached hydrogens (primary N) is 1. The summed E-state index contributed by atoms with van der Waals surface area (Å²) in [5, 5.41) is 7.81. The SMILES string of the molecule is CSCCC(C(=O)NCc1ccc(S(N)(=O)=O)cc1)N1C(=O)c2ccccc2C1=O. The van der Waals surface area contributed by atoms with Crippen molar-refractivity contribution in [2.45, 2.75) is 23.9 Å². The second-order valence-electron chi connectivity index (χ2n) is 6.73. The molecule has 1 unspecified atom stereocenters. The van der Waals surface area contributed by atoms with Crippen LogP contribution in [0.3, 0.4) is 0 Å². The van der Waals surface area contributed by atoms with Crippen LogP contribution >= 0.6 is 11.8 Å². The molecular formula is C20H21N3O5S2. The van der Waals surface area contributed by atoms with Gasteiger partial charge in [-0.2, -0.15) is 11.8 Å². The molecule has 0 bridgehead atoms. The van der Waals surface area contributed by atoms with Crippen molar-refractivity contribution >= 4 is 39.5 Å². The third-order valence-electron chi connectivity index (χ3n) is 4.75. The number of carbonyl (C=O) groups excluding carboxylic acids is 3. The maximum atomic E-state index is 12.9. The van der Waals surface area contributed by atoms with Crippen molar-refractivity contribution in [2.24, 2.45) is 5.14 Å². The molecule has 0 aromatic heterocycles. The van der Waals surface area contributed by atoms with E-state index < -0.39 is 33.8 Å². The van der Waals surface area contributed by atoms with Gasteiger partial charge in [-0.3, -0.25) is 19.3 Å². The Morgan fingerprint density at radius 2 is 1.63 bits per heavy atom. The van der Waals surface area contributed by atoms with E-state index >= 15 is 0 Å². The van der Waals surface area contributed by atoms with Crippen molar-refractivity contribution < 1.29 is 22.8 Å². The zero-order valence-corrected chi connectivity index (χ0v) is 17.8. The summed E-state index contributed by atoms with van der Waals surface area (Å²) in [5.74, 6) is -0.813. The molecule has 1 aliphatic heterocycles. The lowest BCUT2D eigenvalue weighted by Crippen LogP contribution is -2.49. The molecule has 1 heterocycles. The fourth-order valence-corrected chi connectivity index (χ4v) is 4.18. The van der Waals surface area contributed by atoms with Crippen LogP contribution in [0.4, 0.5) is 0 Å². The number of imide groups is 1. The lowest BCUT2D eigenvalue weighted by molar-refractivity contribution is -0.125. The molecule has 10 heteroatoms. The van der Waals surface area contributed by atoms with Crippen LogP contribution in [-0.4, -0.2) is 49.1 Å². The maximum absolute atomic E-state index is 12.9. The van der Waals surface area contributed by atoms with Gasteiger partial charge >= 0.3 is 0 Å². The van der Waals surface area contributed by atoms with E-state index in [0.717, 1.165) is 4.90 Å². The van der Waals surface area contributed by atoms with Gasteiger partial charge in [0.15, 0.2) is 0 Å². The summed E-state index contributed by atoms with van der Waals surface area (Å²) in [6.45, 7) is 0.114. The highest BCUT2D eigenvalue weighted by molar-refractivity contribution is 7.98. The third kappa shape index (κ3) is 4.55. The van der Waals surface area contributed by atoms with Crippen molar-refractivity contribution in [2.75, 3.05) is 12.0 Å². The summed E-state index contributed by atoms with van der Waals surface area (Å²) in [6, 6.07) is 11.4. The van der Waals surface area contributed by atoms with Gasteiger partial charge < -0.3 is 5.32 Å². The molecule has 3 rings (SSSR count). The van der Waals surface area contributed by atoms with Crippen LogP contribution in [0, 0.1) is 0 Å². The number of benzene rings is 2. The molecule has 2 aromatic carbocycles. The number of sulfonamides is 1. The summed E-state index contributed by atoms with van der Waals surface area (Å²) in [4.78, 5) is 39.4. The lowest BCUT2D eigenvalue weighted by Gasteiger charge is -2.25. The fourth-order valence-electron chi connectivity index (χ4n) is 3.20. The largest absolute Gasteiger partial charge is 0.350 e. The van der Waals surface area contributed by atoms with Crippen LogP contribution in [0.25, 0.3) is 0 Å². The quantitative estimate of drug-likeness (QED) is 0.589. The number of amides is 3. The number of thioether (sulfide) groups is 1. The zero-order chi connectivity index (χ0) is 21.9. The average Bonchev–Trinajstić information content (AvgIpc) is 2.97. The summed E-state index contributed by atoms with van der Waals surface area (Å²) in [6.07, 6.45) is 2.20. The van der Waals surface area contributed by atoms with Gasteiger partial charge in [0, 0.05) is 6.54 Å². The predicted molar refractivity (Wildman–Crippen MR) is 113 cm³/mol. The molecular weight excluding hydrogens is 426 g/mol. The molecule has 0 fully saturated rings. The van der Waals surface area contributed by atoms with Gasteiger partial charge in [-0.25, -0.2) is 13.6 Å². The monoisotopic (exact) mass is 447 g/mol. The number of fused-ring (bicyclic) bond motifs is 1. The van der Waals surface area contributed by atoms with Crippen molar-refractivity contribution in [3.63, 3.8) is 0 Å². The van der Waals surface area contributed by atoms with E-state index in [1.54, 1.807) is 36.4 Å². The van der Waals surface area contributed by atoms with E-state index in [-0.39, 0.29) is 11.4 Å². The van der Waals surface area contributed by atoms with Crippen LogP contribution in [0.5, 0.6) is 0 Å². The molecule has 1 atom stereocenters. The number of hydrogen-bond donors (Lipinski definition) is 2. The molecule has 158 valence electrons. The second kappa shape index (κ2) is 8.99. The molecule has 0 saturated heterocycles. The Morgan fingerprint density at radius 1 is 1.07 bits per heavy atom. The van der Waals surface area contributed by atoms with Gasteiger partial charge in [0.05, 0.1) is 16.0 Å². The Balaban J connectivity index is 1.75. The predicted octanol–water partition coefficient (Wildman–Crippen LogP) is 1.37. The molecule has 3 N–H and O–H groups in total. The van der Waals surface area contributed by atoms with Gasteiger partial charge in [0.1, 0.15) is 6.04 Å². The standard InChI is InChI=1S/C20H21N3O5S2/c1-29-11-10-17(23-19(25)15-4-2-3-5-16(15)20(23)26)18(24)22-12-13-6-8-14(9-7-13)30(21,27)28/h2-9,17H,10-12H2,1H3,(H,22,24)(H2,21,27,28). The summed E-state index contributed by atoms with van der Waals surface area (Å²) >= 11 is 1.51. The number of nitrogens with one attached hydrogen (secondary N) is 1. The van der Waals surface area contributed by atoms with E-state index in [2.05, 4.69) is 5.32 Å². The van der Waals surface area contributed by atoms with Crippen LogP contribution in [0.1, 0.15) is 32.7 Å². The zero-order valence-electron chi connectivity index (χ0n) is 16.2. The smallest absolute Gasteiger partial charge is 0.262 e. The van der Waals surface area contributed by atoms with Gasteiger partial charge in [0.25, 0.3) is 11.8 Å².